The van der Waals surface area contributed by atoms with Crippen LogP contribution in [-0.4, -0.2) is 11.1 Å². The van der Waals surface area contributed by atoms with Crippen LogP contribution in [0.5, 0.6) is 0 Å². The summed E-state index contributed by atoms with van der Waals surface area (Å²) < 4.78 is 0. The van der Waals surface area contributed by atoms with Crippen molar-refractivity contribution < 1.29 is 9.90 Å². The molecule has 0 aliphatic heterocycles. The van der Waals surface area contributed by atoms with Crippen LogP contribution in [0.25, 0.3) is 11.1 Å². The molecule has 0 atom stereocenters. The lowest BCUT2D eigenvalue weighted by Gasteiger charge is -1.98. The first-order chi connectivity index (χ1) is 8.70. The second-order valence-corrected chi connectivity index (χ2v) is 3.25. The van der Waals surface area contributed by atoms with E-state index in [0.29, 0.717) is 0 Å². The number of carboxylic acid groups (broad SMARTS) is 1. The summed E-state index contributed by atoms with van der Waals surface area (Å²) in [7, 11) is 0. The van der Waals surface area contributed by atoms with E-state index >= 15 is 0 Å². The lowest BCUT2D eigenvalue weighted by Crippen LogP contribution is -1.78. The monoisotopic (exact) mass is 244 g/mol. The summed E-state index contributed by atoms with van der Waals surface area (Å²) in [6.07, 6.45) is 0. The summed E-state index contributed by atoms with van der Waals surface area (Å²) >= 11 is 0. The van der Waals surface area contributed by atoms with E-state index in [1.54, 1.807) is 0 Å². The number of hydrogen-bond donors (Lipinski definition) is 1. The number of carbonyl (C=O) groups is 1. The fourth-order valence-electron chi connectivity index (χ4n) is 1.26. The SMILES string of the molecule is CC.CC(=O)O.c1ccc(-c2ccccc2)cc1. The van der Waals surface area contributed by atoms with Crippen molar-refractivity contribution in [2.45, 2.75) is 20.8 Å². The minimum atomic E-state index is -0.833. The van der Waals surface area contributed by atoms with E-state index in [1.807, 2.05) is 26.0 Å². The molecule has 0 saturated carbocycles. The Labute approximate surface area is 109 Å². The molecule has 18 heavy (non-hydrogen) atoms. The molecule has 0 radical (unpaired) electrons. The van der Waals surface area contributed by atoms with Crippen molar-refractivity contribution in [3.8, 4) is 11.1 Å². The van der Waals surface area contributed by atoms with Gasteiger partial charge in [-0.05, 0) is 11.1 Å². The van der Waals surface area contributed by atoms with Gasteiger partial charge >= 0.3 is 0 Å². The van der Waals surface area contributed by atoms with Crippen LogP contribution in [0.2, 0.25) is 0 Å². The zero-order valence-electron chi connectivity index (χ0n) is 11.1. The molecule has 96 valence electrons. The van der Waals surface area contributed by atoms with E-state index in [1.165, 1.54) is 11.1 Å². The average molecular weight is 244 g/mol. The normalized spacial score (nSPS) is 8.17. The minimum absolute atomic E-state index is 0.833. The molecule has 0 saturated heterocycles. The molecule has 2 rings (SSSR count). The Morgan fingerprint density at radius 1 is 0.778 bits per heavy atom. The van der Waals surface area contributed by atoms with Crippen LogP contribution < -0.4 is 0 Å². The van der Waals surface area contributed by atoms with Crippen LogP contribution in [0.4, 0.5) is 0 Å². The van der Waals surface area contributed by atoms with E-state index in [2.05, 4.69) is 48.5 Å². The zero-order valence-corrected chi connectivity index (χ0v) is 11.1. The van der Waals surface area contributed by atoms with Crippen molar-refractivity contribution in [2.24, 2.45) is 0 Å². The highest BCUT2D eigenvalue weighted by Crippen LogP contribution is 2.17. The Morgan fingerprint density at radius 2 is 1.00 bits per heavy atom. The van der Waals surface area contributed by atoms with E-state index < -0.39 is 5.97 Å². The van der Waals surface area contributed by atoms with Crippen LogP contribution in [-0.2, 0) is 4.79 Å². The second-order valence-electron chi connectivity index (χ2n) is 3.25. The average Bonchev–Trinajstić information content (AvgIpc) is 2.42. The maximum Gasteiger partial charge on any atom is 0.300 e. The van der Waals surface area contributed by atoms with Gasteiger partial charge < -0.3 is 5.11 Å². The van der Waals surface area contributed by atoms with Gasteiger partial charge in [-0.25, -0.2) is 0 Å². The van der Waals surface area contributed by atoms with Crippen LogP contribution in [0.1, 0.15) is 20.8 Å². The van der Waals surface area contributed by atoms with Gasteiger partial charge in [-0.1, -0.05) is 74.5 Å². The molecular formula is C16H20O2. The first kappa shape index (κ1) is 15.9. The van der Waals surface area contributed by atoms with Crippen molar-refractivity contribution in [3.05, 3.63) is 60.7 Å². The van der Waals surface area contributed by atoms with Crippen molar-refractivity contribution in [3.63, 3.8) is 0 Å². The highest BCUT2D eigenvalue weighted by molar-refractivity contribution is 5.63. The van der Waals surface area contributed by atoms with Gasteiger partial charge in [0.15, 0.2) is 0 Å². The van der Waals surface area contributed by atoms with Crippen LogP contribution in [0.3, 0.4) is 0 Å². The lowest BCUT2D eigenvalue weighted by atomic mass is 10.1. The third-order valence-electron chi connectivity index (χ3n) is 1.88. The van der Waals surface area contributed by atoms with Gasteiger partial charge in [-0.2, -0.15) is 0 Å². The van der Waals surface area contributed by atoms with Gasteiger partial charge in [-0.15, -0.1) is 0 Å². The summed E-state index contributed by atoms with van der Waals surface area (Å²) in [5.41, 5.74) is 2.55. The van der Waals surface area contributed by atoms with Gasteiger partial charge in [0.2, 0.25) is 0 Å². The number of hydrogen-bond acceptors (Lipinski definition) is 1. The molecule has 1 N–H and O–H groups in total. The van der Waals surface area contributed by atoms with Crippen molar-refractivity contribution in [1.82, 2.24) is 0 Å². The fraction of sp³-hybridized carbons (Fsp3) is 0.188. The summed E-state index contributed by atoms with van der Waals surface area (Å²) in [4.78, 5) is 9.00. The molecule has 0 aromatic heterocycles. The van der Waals surface area contributed by atoms with Crippen LogP contribution in [0.15, 0.2) is 60.7 Å². The molecule has 0 heterocycles. The molecule has 0 aliphatic carbocycles. The van der Waals surface area contributed by atoms with Gasteiger partial charge in [0.05, 0.1) is 0 Å². The second kappa shape index (κ2) is 10.1. The van der Waals surface area contributed by atoms with Gasteiger partial charge in [-0.3, -0.25) is 4.79 Å². The molecule has 0 unspecified atom stereocenters. The quantitative estimate of drug-likeness (QED) is 0.803. The molecule has 2 nitrogen and oxygen atoms in total. The Balaban J connectivity index is 0.000000415. The van der Waals surface area contributed by atoms with E-state index in [4.69, 9.17) is 9.90 Å². The highest BCUT2D eigenvalue weighted by atomic mass is 16.4. The molecule has 2 aromatic rings. The summed E-state index contributed by atoms with van der Waals surface area (Å²) in [5, 5.41) is 7.42. The lowest BCUT2D eigenvalue weighted by molar-refractivity contribution is -0.134. The van der Waals surface area contributed by atoms with Crippen LogP contribution in [0, 0.1) is 0 Å². The Kier molecular flexibility index (Phi) is 8.92. The molecule has 0 fully saturated rings. The number of benzene rings is 2. The molecule has 2 heteroatoms. The van der Waals surface area contributed by atoms with Gasteiger partial charge in [0.25, 0.3) is 5.97 Å². The molecule has 2 aromatic carbocycles. The molecule has 0 bridgehead atoms. The zero-order chi connectivity index (χ0) is 13.8. The summed E-state index contributed by atoms with van der Waals surface area (Å²) in [5.74, 6) is -0.833. The van der Waals surface area contributed by atoms with E-state index in [0.717, 1.165) is 6.92 Å². The number of carboxylic acids is 1. The number of aliphatic carboxylic acids is 1. The highest BCUT2D eigenvalue weighted by Gasteiger charge is 1.91. The first-order valence-electron chi connectivity index (χ1n) is 6.00. The molecular weight excluding hydrogens is 224 g/mol. The van der Waals surface area contributed by atoms with E-state index in [-0.39, 0.29) is 0 Å². The summed E-state index contributed by atoms with van der Waals surface area (Å²) in [6, 6.07) is 20.8. The largest absolute Gasteiger partial charge is 0.481 e. The topological polar surface area (TPSA) is 37.3 Å². The third kappa shape index (κ3) is 7.23. The fourth-order valence-corrected chi connectivity index (χ4v) is 1.26. The van der Waals surface area contributed by atoms with Gasteiger partial charge in [0, 0.05) is 6.92 Å². The standard InChI is InChI=1S/C12H10.C2H4O2.C2H6/c1-3-7-11(8-4-1)12-9-5-2-6-10-12;1-2(3)4;1-2/h1-10H;1H3,(H,3,4);1-2H3. The Hall–Kier alpha value is -2.09. The third-order valence-corrected chi connectivity index (χ3v) is 1.88. The number of rotatable bonds is 1. The Bertz CT molecular complexity index is 380. The maximum absolute atomic E-state index is 9.00. The molecule has 0 spiro atoms. The van der Waals surface area contributed by atoms with Crippen molar-refractivity contribution in [2.75, 3.05) is 0 Å². The summed E-state index contributed by atoms with van der Waals surface area (Å²) in [6.45, 7) is 5.08. The van der Waals surface area contributed by atoms with Gasteiger partial charge in [0.1, 0.15) is 0 Å². The van der Waals surface area contributed by atoms with Crippen LogP contribution >= 0.6 is 0 Å². The maximum atomic E-state index is 9.00. The molecule has 0 aliphatic rings. The molecule has 0 amide bonds. The van der Waals surface area contributed by atoms with Crippen molar-refractivity contribution >= 4 is 5.97 Å². The van der Waals surface area contributed by atoms with Crippen molar-refractivity contribution in [1.29, 1.82) is 0 Å². The predicted octanol–water partition coefficient (Wildman–Crippen LogP) is 4.47. The predicted molar refractivity (Wildman–Crippen MR) is 76.5 cm³/mol. The smallest absolute Gasteiger partial charge is 0.300 e. The first-order valence-corrected chi connectivity index (χ1v) is 6.00. The Morgan fingerprint density at radius 3 is 1.22 bits per heavy atom. The minimum Gasteiger partial charge on any atom is -0.481 e. The van der Waals surface area contributed by atoms with E-state index in [9.17, 15) is 0 Å².